The number of amides is 1. The van der Waals surface area contributed by atoms with E-state index < -0.39 is 0 Å². The van der Waals surface area contributed by atoms with Crippen molar-refractivity contribution < 1.29 is 4.79 Å². The molecule has 1 amide bonds. The number of carbonyl (C=O) groups excluding carboxylic acids is 1. The maximum absolute atomic E-state index is 12.0. The topological polar surface area (TPSA) is 55.1 Å². The molecule has 0 atom stereocenters. The van der Waals surface area contributed by atoms with E-state index in [1.54, 1.807) is 12.1 Å². The third-order valence-corrected chi connectivity index (χ3v) is 3.17. The van der Waals surface area contributed by atoms with Crippen LogP contribution >= 0.6 is 0 Å². The van der Waals surface area contributed by atoms with Crippen molar-refractivity contribution >= 4 is 5.91 Å². The molecule has 1 aromatic rings. The van der Waals surface area contributed by atoms with Gasteiger partial charge in [-0.1, -0.05) is 32.6 Å². The average Bonchev–Trinajstić information content (AvgIpc) is 2.43. The maximum Gasteiger partial charge on any atom is 0.251 e. The zero-order valence-electron chi connectivity index (χ0n) is 11.9. The van der Waals surface area contributed by atoms with Gasteiger partial charge in [-0.2, -0.15) is 0 Å². The van der Waals surface area contributed by atoms with Crippen LogP contribution in [-0.4, -0.2) is 19.0 Å². The summed E-state index contributed by atoms with van der Waals surface area (Å²) in [6, 6.07) is 7.24. The largest absolute Gasteiger partial charge is 0.352 e. The Morgan fingerprint density at radius 1 is 1.32 bits per heavy atom. The monoisotopic (exact) mass is 258 g/mol. The molecule has 0 aromatic heterocycles. The summed E-state index contributed by atoms with van der Waals surface area (Å²) in [5.41, 5.74) is 6.97. The highest BCUT2D eigenvalue weighted by Gasteiger charge is 2.16. The van der Waals surface area contributed by atoms with Crippen LogP contribution in [0.2, 0.25) is 0 Å². The van der Waals surface area contributed by atoms with Crippen molar-refractivity contribution in [2.45, 2.75) is 27.2 Å². The van der Waals surface area contributed by atoms with Gasteiger partial charge in [0.1, 0.15) is 0 Å². The fourth-order valence-corrected chi connectivity index (χ4v) is 1.40. The lowest BCUT2D eigenvalue weighted by atomic mass is 9.90. The molecular formula is C16H22N2O. The molecule has 19 heavy (non-hydrogen) atoms. The van der Waals surface area contributed by atoms with E-state index in [4.69, 9.17) is 5.73 Å². The van der Waals surface area contributed by atoms with Gasteiger partial charge in [0.15, 0.2) is 0 Å². The summed E-state index contributed by atoms with van der Waals surface area (Å²) in [7, 11) is 0. The van der Waals surface area contributed by atoms with Gasteiger partial charge in [-0.15, -0.1) is 0 Å². The third kappa shape index (κ3) is 5.15. The lowest BCUT2D eigenvalue weighted by Crippen LogP contribution is -2.33. The summed E-state index contributed by atoms with van der Waals surface area (Å²) in [5.74, 6) is 5.67. The van der Waals surface area contributed by atoms with Crippen LogP contribution in [0.25, 0.3) is 0 Å². The van der Waals surface area contributed by atoms with Crippen LogP contribution < -0.4 is 11.1 Å². The molecule has 0 bridgehead atoms. The van der Waals surface area contributed by atoms with Crippen molar-refractivity contribution in [1.82, 2.24) is 5.32 Å². The summed E-state index contributed by atoms with van der Waals surface area (Å²) < 4.78 is 0. The molecule has 1 aromatic carbocycles. The van der Waals surface area contributed by atoms with Crippen molar-refractivity contribution in [2.24, 2.45) is 11.1 Å². The molecular weight excluding hydrogens is 236 g/mol. The van der Waals surface area contributed by atoms with Gasteiger partial charge < -0.3 is 11.1 Å². The minimum atomic E-state index is -0.0418. The predicted octanol–water partition coefficient (Wildman–Crippen LogP) is 2.16. The molecule has 0 spiro atoms. The fraction of sp³-hybridized carbons (Fsp3) is 0.438. The Labute approximate surface area is 115 Å². The van der Waals surface area contributed by atoms with E-state index in [0.29, 0.717) is 18.7 Å². The van der Waals surface area contributed by atoms with E-state index >= 15 is 0 Å². The standard InChI is InChI=1S/C16H22N2O/c1-4-16(2,3)12-18-15(19)14-9-7-13(8-10-14)6-5-11-17/h7-10H,4,11-12,17H2,1-3H3,(H,18,19). The van der Waals surface area contributed by atoms with Gasteiger partial charge >= 0.3 is 0 Å². The van der Waals surface area contributed by atoms with Crippen molar-refractivity contribution in [2.75, 3.05) is 13.1 Å². The zero-order chi connectivity index (χ0) is 14.3. The highest BCUT2D eigenvalue weighted by atomic mass is 16.1. The Kier molecular flexibility index (Phi) is 5.59. The van der Waals surface area contributed by atoms with Gasteiger partial charge in [0.2, 0.25) is 0 Å². The number of hydrogen-bond acceptors (Lipinski definition) is 2. The number of hydrogen-bond donors (Lipinski definition) is 2. The van der Waals surface area contributed by atoms with Crippen LogP contribution in [-0.2, 0) is 0 Å². The van der Waals surface area contributed by atoms with Crippen LogP contribution in [0.1, 0.15) is 43.1 Å². The number of nitrogens with one attached hydrogen (secondary N) is 1. The minimum absolute atomic E-state index is 0.0418. The van der Waals surface area contributed by atoms with Crippen LogP contribution in [0, 0.1) is 17.3 Å². The van der Waals surface area contributed by atoms with Crippen molar-refractivity contribution in [3.05, 3.63) is 35.4 Å². The first-order valence-electron chi connectivity index (χ1n) is 6.56. The van der Waals surface area contributed by atoms with E-state index in [9.17, 15) is 4.79 Å². The SMILES string of the molecule is CCC(C)(C)CNC(=O)c1ccc(C#CCN)cc1. The predicted molar refractivity (Wildman–Crippen MR) is 78.8 cm³/mol. The molecule has 0 aliphatic heterocycles. The molecule has 0 fully saturated rings. The Morgan fingerprint density at radius 2 is 1.95 bits per heavy atom. The van der Waals surface area contributed by atoms with E-state index in [-0.39, 0.29) is 11.3 Å². The van der Waals surface area contributed by atoms with E-state index in [0.717, 1.165) is 12.0 Å². The smallest absolute Gasteiger partial charge is 0.251 e. The quantitative estimate of drug-likeness (QED) is 0.813. The van der Waals surface area contributed by atoms with Crippen LogP contribution in [0.5, 0.6) is 0 Å². The molecule has 0 aliphatic rings. The molecule has 0 heterocycles. The van der Waals surface area contributed by atoms with Gasteiger partial charge in [-0.05, 0) is 36.1 Å². The normalized spacial score (nSPS) is 10.5. The lowest BCUT2D eigenvalue weighted by molar-refractivity contribution is 0.0935. The lowest BCUT2D eigenvalue weighted by Gasteiger charge is -2.22. The average molecular weight is 258 g/mol. The van der Waals surface area contributed by atoms with Gasteiger partial charge in [-0.25, -0.2) is 0 Å². The van der Waals surface area contributed by atoms with Crippen LogP contribution in [0.15, 0.2) is 24.3 Å². The molecule has 0 unspecified atom stereocenters. The van der Waals surface area contributed by atoms with Crippen LogP contribution in [0.4, 0.5) is 0 Å². The summed E-state index contributed by atoms with van der Waals surface area (Å²) in [5, 5.41) is 2.96. The van der Waals surface area contributed by atoms with E-state index in [1.165, 1.54) is 0 Å². The number of rotatable bonds is 4. The summed E-state index contributed by atoms with van der Waals surface area (Å²) >= 11 is 0. The molecule has 102 valence electrons. The third-order valence-electron chi connectivity index (χ3n) is 3.17. The number of carbonyl (C=O) groups is 1. The Bertz CT molecular complexity index is 478. The molecule has 0 radical (unpaired) electrons. The molecule has 0 saturated heterocycles. The molecule has 0 saturated carbocycles. The molecule has 3 heteroatoms. The first kappa shape index (κ1) is 15.3. The van der Waals surface area contributed by atoms with Crippen LogP contribution in [0.3, 0.4) is 0 Å². The summed E-state index contributed by atoms with van der Waals surface area (Å²) in [4.78, 5) is 12.0. The first-order chi connectivity index (χ1) is 8.98. The van der Waals surface area contributed by atoms with E-state index in [2.05, 4.69) is 37.9 Å². The number of nitrogens with two attached hydrogens (primary N) is 1. The summed E-state index contributed by atoms with van der Waals surface area (Å²) in [6.45, 7) is 7.42. The Morgan fingerprint density at radius 3 is 2.47 bits per heavy atom. The van der Waals surface area contributed by atoms with Crippen molar-refractivity contribution in [3.8, 4) is 11.8 Å². The zero-order valence-corrected chi connectivity index (χ0v) is 11.9. The second-order valence-corrected chi connectivity index (χ2v) is 5.28. The van der Waals surface area contributed by atoms with Gasteiger partial charge in [0, 0.05) is 17.7 Å². The van der Waals surface area contributed by atoms with Crippen molar-refractivity contribution in [3.63, 3.8) is 0 Å². The van der Waals surface area contributed by atoms with Crippen molar-refractivity contribution in [1.29, 1.82) is 0 Å². The number of benzene rings is 1. The molecule has 0 aliphatic carbocycles. The molecule has 3 N–H and O–H groups in total. The highest BCUT2D eigenvalue weighted by Crippen LogP contribution is 2.17. The highest BCUT2D eigenvalue weighted by molar-refractivity contribution is 5.94. The first-order valence-corrected chi connectivity index (χ1v) is 6.56. The van der Waals surface area contributed by atoms with Gasteiger partial charge in [0.25, 0.3) is 5.91 Å². The summed E-state index contributed by atoms with van der Waals surface area (Å²) in [6.07, 6.45) is 1.03. The Balaban J connectivity index is 2.63. The van der Waals surface area contributed by atoms with Gasteiger partial charge in [0.05, 0.1) is 6.54 Å². The second kappa shape index (κ2) is 6.96. The minimum Gasteiger partial charge on any atom is -0.352 e. The molecule has 3 nitrogen and oxygen atoms in total. The second-order valence-electron chi connectivity index (χ2n) is 5.28. The molecule has 1 rings (SSSR count). The van der Waals surface area contributed by atoms with Gasteiger partial charge in [-0.3, -0.25) is 4.79 Å². The fourth-order valence-electron chi connectivity index (χ4n) is 1.40. The maximum atomic E-state index is 12.0. The Hall–Kier alpha value is -1.79. The van der Waals surface area contributed by atoms with E-state index in [1.807, 2.05) is 12.1 Å².